The smallest absolute Gasteiger partial charge is 0.200 e. The van der Waals surface area contributed by atoms with Gasteiger partial charge in [-0.3, -0.25) is 0 Å². The molecule has 0 heterocycles. The minimum atomic E-state index is -0.851. The van der Waals surface area contributed by atoms with Gasteiger partial charge in [0, 0.05) is 0 Å². The van der Waals surface area contributed by atoms with Gasteiger partial charge in [0.2, 0.25) is 5.82 Å². The SMILES string of the molecule is CCCC1CCC(c2ccc(OC)c(F)c2F)CC1. The van der Waals surface area contributed by atoms with Gasteiger partial charge in [-0.2, -0.15) is 4.39 Å². The summed E-state index contributed by atoms with van der Waals surface area (Å²) in [4.78, 5) is 0. The molecular formula is C16H22F2O. The normalized spacial score (nSPS) is 23.4. The Morgan fingerprint density at radius 2 is 1.79 bits per heavy atom. The molecule has 106 valence electrons. The van der Waals surface area contributed by atoms with Crippen LogP contribution in [0.2, 0.25) is 0 Å². The molecule has 19 heavy (non-hydrogen) atoms. The van der Waals surface area contributed by atoms with E-state index in [0.29, 0.717) is 5.56 Å². The Hall–Kier alpha value is -1.12. The molecule has 0 spiro atoms. The van der Waals surface area contributed by atoms with E-state index in [-0.39, 0.29) is 11.7 Å². The van der Waals surface area contributed by atoms with Crippen molar-refractivity contribution in [3.8, 4) is 5.75 Å². The van der Waals surface area contributed by atoms with Crippen molar-refractivity contribution in [2.75, 3.05) is 7.11 Å². The van der Waals surface area contributed by atoms with Gasteiger partial charge >= 0.3 is 0 Å². The van der Waals surface area contributed by atoms with Gasteiger partial charge in [0.05, 0.1) is 7.11 Å². The van der Waals surface area contributed by atoms with E-state index < -0.39 is 11.6 Å². The molecule has 1 fully saturated rings. The third-order valence-electron chi connectivity index (χ3n) is 4.28. The zero-order valence-electron chi connectivity index (χ0n) is 11.7. The van der Waals surface area contributed by atoms with Crippen LogP contribution in [-0.2, 0) is 0 Å². The van der Waals surface area contributed by atoms with Crippen molar-refractivity contribution < 1.29 is 13.5 Å². The first-order valence-corrected chi connectivity index (χ1v) is 7.19. The topological polar surface area (TPSA) is 9.23 Å². The van der Waals surface area contributed by atoms with Gasteiger partial charge in [-0.1, -0.05) is 25.8 Å². The van der Waals surface area contributed by atoms with Crippen LogP contribution < -0.4 is 4.74 Å². The third kappa shape index (κ3) is 3.07. The maximum absolute atomic E-state index is 14.0. The second-order valence-corrected chi connectivity index (χ2v) is 5.49. The van der Waals surface area contributed by atoms with Crippen molar-refractivity contribution in [2.24, 2.45) is 5.92 Å². The van der Waals surface area contributed by atoms with Gasteiger partial charge in [0.1, 0.15) is 0 Å². The van der Waals surface area contributed by atoms with E-state index in [1.54, 1.807) is 6.07 Å². The summed E-state index contributed by atoms with van der Waals surface area (Å²) < 4.78 is 32.5. The van der Waals surface area contributed by atoms with E-state index in [1.807, 2.05) is 0 Å². The van der Waals surface area contributed by atoms with Gasteiger partial charge in [0.25, 0.3) is 0 Å². The second kappa shape index (κ2) is 6.36. The number of rotatable bonds is 4. The highest BCUT2D eigenvalue weighted by Crippen LogP contribution is 2.39. The highest BCUT2D eigenvalue weighted by molar-refractivity contribution is 5.33. The summed E-state index contributed by atoms with van der Waals surface area (Å²) >= 11 is 0. The summed E-state index contributed by atoms with van der Waals surface area (Å²) in [6.07, 6.45) is 6.66. The van der Waals surface area contributed by atoms with Crippen LogP contribution in [0.4, 0.5) is 8.78 Å². The highest BCUT2D eigenvalue weighted by atomic mass is 19.2. The molecule has 0 aliphatic heterocycles. The van der Waals surface area contributed by atoms with Crippen LogP contribution in [0.25, 0.3) is 0 Å². The fraction of sp³-hybridized carbons (Fsp3) is 0.625. The molecule has 0 N–H and O–H groups in total. The number of methoxy groups -OCH3 is 1. The average molecular weight is 268 g/mol. The van der Waals surface area contributed by atoms with Crippen LogP contribution in [0.3, 0.4) is 0 Å². The van der Waals surface area contributed by atoms with Crippen molar-refractivity contribution in [2.45, 2.75) is 51.4 Å². The molecular weight excluding hydrogens is 246 g/mol. The summed E-state index contributed by atoms with van der Waals surface area (Å²) in [5.74, 6) is -0.657. The minimum absolute atomic E-state index is 0.0130. The van der Waals surface area contributed by atoms with E-state index >= 15 is 0 Å². The first-order chi connectivity index (χ1) is 9.17. The first kappa shape index (κ1) is 14.3. The number of hydrogen-bond donors (Lipinski definition) is 0. The lowest BCUT2D eigenvalue weighted by Crippen LogP contribution is -2.14. The Morgan fingerprint density at radius 3 is 2.37 bits per heavy atom. The van der Waals surface area contributed by atoms with Gasteiger partial charge in [-0.05, 0) is 49.1 Å². The van der Waals surface area contributed by atoms with Crippen LogP contribution in [0.15, 0.2) is 12.1 Å². The molecule has 3 heteroatoms. The van der Waals surface area contributed by atoms with Crippen LogP contribution in [0.5, 0.6) is 5.75 Å². The molecule has 1 aliphatic rings. The highest BCUT2D eigenvalue weighted by Gasteiger charge is 2.26. The Balaban J connectivity index is 2.09. The molecule has 0 bridgehead atoms. The Morgan fingerprint density at radius 1 is 1.11 bits per heavy atom. The van der Waals surface area contributed by atoms with Crippen molar-refractivity contribution in [3.63, 3.8) is 0 Å². The molecule has 0 radical (unpaired) electrons. The van der Waals surface area contributed by atoms with Gasteiger partial charge in [-0.15, -0.1) is 0 Å². The lowest BCUT2D eigenvalue weighted by molar-refractivity contribution is 0.301. The molecule has 2 rings (SSSR count). The molecule has 1 aliphatic carbocycles. The molecule has 1 saturated carbocycles. The van der Waals surface area contributed by atoms with E-state index in [0.717, 1.165) is 31.6 Å². The average Bonchev–Trinajstić information content (AvgIpc) is 2.43. The van der Waals surface area contributed by atoms with Crippen molar-refractivity contribution in [1.82, 2.24) is 0 Å². The second-order valence-electron chi connectivity index (χ2n) is 5.49. The molecule has 0 saturated heterocycles. The number of benzene rings is 1. The number of hydrogen-bond acceptors (Lipinski definition) is 1. The fourth-order valence-corrected chi connectivity index (χ4v) is 3.19. The summed E-state index contributed by atoms with van der Waals surface area (Å²) in [5, 5.41) is 0. The predicted molar refractivity (Wildman–Crippen MR) is 72.5 cm³/mol. The fourth-order valence-electron chi connectivity index (χ4n) is 3.19. The maximum atomic E-state index is 14.0. The molecule has 0 unspecified atom stereocenters. The third-order valence-corrected chi connectivity index (χ3v) is 4.28. The Bertz CT molecular complexity index is 423. The standard InChI is InChI=1S/C16H22F2O/c1-3-4-11-5-7-12(8-6-11)13-9-10-14(19-2)16(18)15(13)17/h9-12H,3-8H2,1-2H3. The molecule has 1 aromatic rings. The quantitative estimate of drug-likeness (QED) is 0.742. The lowest BCUT2D eigenvalue weighted by Gasteiger charge is -2.29. The molecule has 0 amide bonds. The first-order valence-electron chi connectivity index (χ1n) is 7.19. The predicted octanol–water partition coefficient (Wildman–Crippen LogP) is 5.05. The van der Waals surface area contributed by atoms with Crippen LogP contribution in [-0.4, -0.2) is 7.11 Å². The van der Waals surface area contributed by atoms with Gasteiger partial charge in [0.15, 0.2) is 11.6 Å². The molecule has 1 aromatic carbocycles. The van der Waals surface area contributed by atoms with E-state index in [2.05, 4.69) is 6.92 Å². The van der Waals surface area contributed by atoms with Crippen LogP contribution in [0, 0.1) is 17.6 Å². The molecule has 0 atom stereocenters. The van der Waals surface area contributed by atoms with E-state index in [1.165, 1.54) is 26.0 Å². The monoisotopic (exact) mass is 268 g/mol. The summed E-state index contributed by atoms with van der Waals surface area (Å²) in [5.41, 5.74) is 0.522. The summed E-state index contributed by atoms with van der Waals surface area (Å²) in [7, 11) is 1.35. The van der Waals surface area contributed by atoms with Crippen molar-refractivity contribution in [1.29, 1.82) is 0 Å². The van der Waals surface area contributed by atoms with E-state index in [4.69, 9.17) is 4.74 Å². The maximum Gasteiger partial charge on any atom is 0.200 e. The number of ether oxygens (including phenoxy) is 1. The Kier molecular flexibility index (Phi) is 4.78. The van der Waals surface area contributed by atoms with E-state index in [9.17, 15) is 8.78 Å². The zero-order valence-corrected chi connectivity index (χ0v) is 11.7. The minimum Gasteiger partial charge on any atom is -0.494 e. The summed E-state index contributed by atoms with van der Waals surface area (Å²) in [6.45, 7) is 2.20. The van der Waals surface area contributed by atoms with Gasteiger partial charge in [-0.25, -0.2) is 4.39 Å². The Labute approximate surface area is 114 Å². The number of halogens is 2. The van der Waals surface area contributed by atoms with Crippen molar-refractivity contribution >= 4 is 0 Å². The largest absolute Gasteiger partial charge is 0.494 e. The molecule has 1 nitrogen and oxygen atoms in total. The van der Waals surface area contributed by atoms with Crippen LogP contribution >= 0.6 is 0 Å². The van der Waals surface area contributed by atoms with Gasteiger partial charge < -0.3 is 4.74 Å². The summed E-state index contributed by atoms with van der Waals surface area (Å²) in [6, 6.07) is 3.22. The van der Waals surface area contributed by atoms with Crippen molar-refractivity contribution in [3.05, 3.63) is 29.3 Å². The lowest BCUT2D eigenvalue weighted by atomic mass is 9.77. The van der Waals surface area contributed by atoms with Crippen LogP contribution in [0.1, 0.15) is 56.9 Å². The molecule has 0 aromatic heterocycles. The zero-order chi connectivity index (χ0) is 13.8.